The van der Waals surface area contributed by atoms with Crippen molar-refractivity contribution in [3.05, 3.63) is 72.4 Å². The van der Waals surface area contributed by atoms with Crippen LogP contribution in [-0.2, 0) is 9.59 Å². The van der Waals surface area contributed by atoms with Gasteiger partial charge in [0, 0.05) is 24.5 Å². The van der Waals surface area contributed by atoms with Crippen LogP contribution < -0.4 is 4.74 Å². The van der Waals surface area contributed by atoms with Crippen LogP contribution in [0.15, 0.2) is 66.8 Å². The second-order valence-corrected chi connectivity index (χ2v) is 5.35. The average molecular weight is 326 g/mol. The number of carbonyl (C=O) groups is 2. The third kappa shape index (κ3) is 5.07. The predicted octanol–water partition coefficient (Wildman–Crippen LogP) is 2.74. The van der Waals surface area contributed by atoms with E-state index in [2.05, 4.69) is 0 Å². The van der Waals surface area contributed by atoms with E-state index in [1.165, 1.54) is 13.0 Å². The molecule has 1 aromatic carbocycles. The summed E-state index contributed by atoms with van der Waals surface area (Å²) in [5.74, 6) is -1.20. The first-order valence-electron chi connectivity index (χ1n) is 7.37. The number of rotatable bonds is 5. The molecular weight excluding hydrogens is 308 g/mol. The number of aliphatic carboxylic acids is 1. The molecule has 0 bridgehead atoms. The highest BCUT2D eigenvalue weighted by Crippen LogP contribution is 2.25. The predicted molar refractivity (Wildman–Crippen MR) is 90.3 cm³/mol. The lowest BCUT2D eigenvalue weighted by molar-refractivity contribution is -0.132. The number of esters is 1. The maximum absolute atomic E-state index is 11.1. The maximum Gasteiger partial charge on any atom is 0.328 e. The number of hydrogen-bond donors (Lipinski definition) is 2. The van der Waals surface area contributed by atoms with Gasteiger partial charge in [-0.05, 0) is 24.3 Å². The molecule has 1 aromatic rings. The maximum atomic E-state index is 11.1. The minimum atomic E-state index is -1.28. The molecule has 2 N–H and O–H groups in total. The fourth-order valence-corrected chi connectivity index (χ4v) is 2.17. The molecule has 1 aliphatic carbocycles. The van der Waals surface area contributed by atoms with Crippen molar-refractivity contribution in [2.24, 2.45) is 5.92 Å². The number of ether oxygens (including phenoxy) is 1. The van der Waals surface area contributed by atoms with Crippen molar-refractivity contribution in [2.45, 2.75) is 12.5 Å². The molecule has 0 heterocycles. The SMILES string of the molecule is CC(=O)Oc1ccccc1/C=C/C1(O)C=CC(/C=C/C(=O)O)C=C1. The number of carboxylic acids is 1. The van der Waals surface area contributed by atoms with Gasteiger partial charge in [0.05, 0.1) is 0 Å². The zero-order valence-electron chi connectivity index (χ0n) is 13.1. The Kier molecular flexibility index (Phi) is 5.50. The van der Waals surface area contributed by atoms with E-state index in [4.69, 9.17) is 9.84 Å². The molecule has 5 heteroatoms. The third-order valence-corrected chi connectivity index (χ3v) is 3.33. The van der Waals surface area contributed by atoms with Gasteiger partial charge in [0.2, 0.25) is 0 Å². The van der Waals surface area contributed by atoms with E-state index in [-0.39, 0.29) is 5.92 Å². The molecule has 1 aliphatic rings. The zero-order valence-corrected chi connectivity index (χ0v) is 13.1. The molecule has 0 saturated carbocycles. The molecule has 2 rings (SSSR count). The standard InChI is InChI=1S/C19H18O5/c1-14(20)24-17-5-3-2-4-16(17)10-13-19(23)11-8-15(9-12-19)6-7-18(21)22/h2-13,15,23H,1H3,(H,21,22)/b7-6+,13-10+. The van der Waals surface area contributed by atoms with Crippen LogP contribution in [0.1, 0.15) is 12.5 Å². The molecule has 124 valence electrons. The highest BCUT2D eigenvalue weighted by molar-refractivity contribution is 5.79. The first kappa shape index (κ1) is 17.4. The minimum Gasteiger partial charge on any atom is -0.478 e. The van der Waals surface area contributed by atoms with Gasteiger partial charge in [0.25, 0.3) is 0 Å². The molecule has 0 spiro atoms. The number of benzene rings is 1. The Morgan fingerprint density at radius 3 is 2.50 bits per heavy atom. The van der Waals surface area contributed by atoms with E-state index in [0.29, 0.717) is 11.3 Å². The molecule has 0 radical (unpaired) electrons. The van der Waals surface area contributed by atoms with E-state index >= 15 is 0 Å². The Hall–Kier alpha value is -2.92. The van der Waals surface area contributed by atoms with Crippen LogP contribution in [0.25, 0.3) is 6.08 Å². The van der Waals surface area contributed by atoms with Gasteiger partial charge in [-0.2, -0.15) is 0 Å². The van der Waals surface area contributed by atoms with Crippen LogP contribution in [0, 0.1) is 5.92 Å². The normalized spacial score (nSPS) is 23.0. The Labute approximate surface area is 139 Å². The summed E-state index contributed by atoms with van der Waals surface area (Å²) >= 11 is 0. The van der Waals surface area contributed by atoms with Gasteiger partial charge in [-0.25, -0.2) is 4.79 Å². The molecular formula is C19H18O5. The molecule has 5 nitrogen and oxygen atoms in total. The molecule has 0 atom stereocenters. The fourth-order valence-electron chi connectivity index (χ4n) is 2.17. The summed E-state index contributed by atoms with van der Waals surface area (Å²) in [7, 11) is 0. The van der Waals surface area contributed by atoms with E-state index < -0.39 is 17.5 Å². The van der Waals surface area contributed by atoms with E-state index in [1.54, 1.807) is 60.7 Å². The summed E-state index contributed by atoms with van der Waals surface area (Å²) in [5.41, 5.74) is -0.618. The molecule has 0 aromatic heterocycles. The number of aliphatic hydroxyl groups is 1. The van der Waals surface area contributed by atoms with Crippen molar-refractivity contribution in [2.75, 3.05) is 0 Å². The van der Waals surface area contributed by atoms with Crippen molar-refractivity contribution >= 4 is 18.0 Å². The average Bonchev–Trinajstić information content (AvgIpc) is 2.53. The van der Waals surface area contributed by atoms with Gasteiger partial charge in [0.15, 0.2) is 0 Å². The van der Waals surface area contributed by atoms with Crippen molar-refractivity contribution < 1.29 is 24.5 Å². The van der Waals surface area contributed by atoms with Crippen molar-refractivity contribution in [1.29, 1.82) is 0 Å². The smallest absolute Gasteiger partial charge is 0.328 e. The minimum absolute atomic E-state index is 0.178. The highest BCUT2D eigenvalue weighted by atomic mass is 16.5. The molecule has 24 heavy (non-hydrogen) atoms. The topological polar surface area (TPSA) is 83.8 Å². The second-order valence-electron chi connectivity index (χ2n) is 5.35. The lowest BCUT2D eigenvalue weighted by atomic mass is 9.91. The van der Waals surface area contributed by atoms with Gasteiger partial charge in [0.1, 0.15) is 11.4 Å². The summed E-state index contributed by atoms with van der Waals surface area (Å²) in [5, 5.41) is 19.1. The lowest BCUT2D eigenvalue weighted by Gasteiger charge is -2.21. The van der Waals surface area contributed by atoms with Crippen molar-refractivity contribution in [3.8, 4) is 5.75 Å². The van der Waals surface area contributed by atoms with Crippen molar-refractivity contribution in [1.82, 2.24) is 0 Å². The molecule has 0 fully saturated rings. The van der Waals surface area contributed by atoms with Crippen LogP contribution in [0.3, 0.4) is 0 Å². The third-order valence-electron chi connectivity index (χ3n) is 3.33. The number of carboxylic acid groups (broad SMARTS) is 1. The van der Waals surface area contributed by atoms with Crippen LogP contribution in [0.4, 0.5) is 0 Å². The summed E-state index contributed by atoms with van der Waals surface area (Å²) in [6.07, 6.45) is 12.4. The largest absolute Gasteiger partial charge is 0.478 e. The van der Waals surface area contributed by atoms with Gasteiger partial charge in [-0.3, -0.25) is 4.79 Å². The van der Waals surface area contributed by atoms with E-state index in [1.807, 2.05) is 0 Å². The number of allylic oxidation sites excluding steroid dienone is 3. The summed E-state index contributed by atoms with van der Waals surface area (Å²) in [6.45, 7) is 1.32. The second kappa shape index (κ2) is 7.57. The first-order valence-corrected chi connectivity index (χ1v) is 7.37. The summed E-state index contributed by atoms with van der Waals surface area (Å²) < 4.78 is 5.12. The fraction of sp³-hybridized carbons (Fsp3) is 0.158. The van der Waals surface area contributed by atoms with Crippen LogP contribution in [0.5, 0.6) is 5.75 Å². The monoisotopic (exact) mass is 326 g/mol. The van der Waals surface area contributed by atoms with Gasteiger partial charge in [-0.15, -0.1) is 0 Å². The Balaban J connectivity index is 2.13. The highest BCUT2D eigenvalue weighted by Gasteiger charge is 2.19. The quantitative estimate of drug-likeness (QED) is 0.376. The van der Waals surface area contributed by atoms with Crippen LogP contribution >= 0.6 is 0 Å². The van der Waals surface area contributed by atoms with Crippen molar-refractivity contribution in [3.63, 3.8) is 0 Å². The van der Waals surface area contributed by atoms with Crippen LogP contribution in [0.2, 0.25) is 0 Å². The summed E-state index contributed by atoms with van der Waals surface area (Å²) in [6, 6.07) is 7.00. The molecule has 0 aliphatic heterocycles. The molecule has 0 saturated heterocycles. The van der Waals surface area contributed by atoms with Crippen LogP contribution in [-0.4, -0.2) is 27.8 Å². The Morgan fingerprint density at radius 2 is 1.88 bits per heavy atom. The number of carbonyl (C=O) groups excluding carboxylic acids is 1. The number of para-hydroxylation sites is 1. The Morgan fingerprint density at radius 1 is 1.21 bits per heavy atom. The first-order chi connectivity index (χ1) is 11.4. The van der Waals surface area contributed by atoms with E-state index in [9.17, 15) is 14.7 Å². The molecule has 0 amide bonds. The van der Waals surface area contributed by atoms with E-state index in [0.717, 1.165) is 6.08 Å². The molecule has 0 unspecified atom stereocenters. The number of hydrogen-bond acceptors (Lipinski definition) is 4. The van der Waals surface area contributed by atoms with Gasteiger partial charge >= 0.3 is 11.9 Å². The van der Waals surface area contributed by atoms with Gasteiger partial charge < -0.3 is 14.9 Å². The Bertz CT molecular complexity index is 726. The summed E-state index contributed by atoms with van der Waals surface area (Å²) in [4.78, 5) is 21.6. The lowest BCUT2D eigenvalue weighted by Crippen LogP contribution is -2.22. The van der Waals surface area contributed by atoms with Gasteiger partial charge in [-0.1, -0.05) is 42.5 Å². The zero-order chi connectivity index (χ0) is 17.6.